The molecular weight excluding hydrogens is 354 g/mol. The van der Waals surface area contributed by atoms with Gasteiger partial charge in [0.1, 0.15) is 9.09 Å². The molecule has 118 valence electrons. The third kappa shape index (κ3) is 3.29. The first kappa shape index (κ1) is 15.7. The van der Waals surface area contributed by atoms with E-state index in [2.05, 4.69) is 4.72 Å². The lowest BCUT2D eigenvalue weighted by Gasteiger charge is -2.04. The summed E-state index contributed by atoms with van der Waals surface area (Å²) in [6.07, 6.45) is 0. The largest absolute Gasteiger partial charge is 0.477 e. The molecule has 0 amide bonds. The molecule has 0 saturated carbocycles. The summed E-state index contributed by atoms with van der Waals surface area (Å²) < 4.78 is 27.1. The molecule has 0 bridgehead atoms. The number of carbonyl (C=O) groups is 1. The molecule has 8 heteroatoms. The Morgan fingerprint density at radius 3 is 2.43 bits per heavy atom. The van der Waals surface area contributed by atoms with Crippen molar-refractivity contribution in [1.29, 1.82) is 0 Å². The Kier molecular flexibility index (Phi) is 4.20. The number of benzene rings is 1. The zero-order valence-corrected chi connectivity index (χ0v) is 14.0. The molecule has 0 spiro atoms. The van der Waals surface area contributed by atoms with Crippen LogP contribution in [-0.4, -0.2) is 19.5 Å². The quantitative estimate of drug-likeness (QED) is 0.716. The van der Waals surface area contributed by atoms with Gasteiger partial charge in [-0.25, -0.2) is 13.2 Å². The summed E-state index contributed by atoms with van der Waals surface area (Å²) in [7, 11) is -3.78. The lowest BCUT2D eigenvalue weighted by molar-refractivity contribution is 0.0703. The standard InChI is InChI=1S/C15H11NO4S3/c17-15(18)14-11(16-23(19,20)13-7-4-8-21-13)9-12(22-14)10-5-2-1-3-6-10/h1-9,16H,(H,17,18). The predicted molar refractivity (Wildman–Crippen MR) is 91.8 cm³/mol. The maximum absolute atomic E-state index is 12.3. The number of carboxylic acid groups (broad SMARTS) is 1. The van der Waals surface area contributed by atoms with Crippen LogP contribution >= 0.6 is 22.7 Å². The maximum atomic E-state index is 12.3. The minimum atomic E-state index is -3.78. The highest BCUT2D eigenvalue weighted by Crippen LogP contribution is 2.36. The first-order valence-corrected chi connectivity index (χ1v) is 9.64. The Morgan fingerprint density at radius 1 is 1.09 bits per heavy atom. The van der Waals surface area contributed by atoms with E-state index in [0.717, 1.165) is 28.2 Å². The van der Waals surface area contributed by atoms with E-state index in [0.29, 0.717) is 4.88 Å². The molecule has 1 aromatic carbocycles. The Hall–Kier alpha value is -2.16. The minimum absolute atomic E-state index is 0.0380. The fourth-order valence-corrected chi connectivity index (χ4v) is 5.06. The van der Waals surface area contributed by atoms with Crippen LogP contribution in [0.4, 0.5) is 5.69 Å². The minimum Gasteiger partial charge on any atom is -0.477 e. The number of rotatable bonds is 5. The molecular formula is C15H11NO4S3. The van der Waals surface area contributed by atoms with E-state index in [-0.39, 0.29) is 14.8 Å². The van der Waals surface area contributed by atoms with Crippen molar-refractivity contribution in [2.75, 3.05) is 4.72 Å². The van der Waals surface area contributed by atoms with Crippen LogP contribution in [0, 0.1) is 0 Å². The average Bonchev–Trinajstić information content (AvgIpc) is 3.17. The van der Waals surface area contributed by atoms with Crippen LogP contribution in [0.5, 0.6) is 0 Å². The van der Waals surface area contributed by atoms with Gasteiger partial charge >= 0.3 is 5.97 Å². The second kappa shape index (κ2) is 6.15. The molecule has 0 aliphatic heterocycles. The van der Waals surface area contributed by atoms with Crippen LogP contribution in [0.1, 0.15) is 9.67 Å². The van der Waals surface area contributed by atoms with Gasteiger partial charge in [-0.15, -0.1) is 22.7 Å². The lowest BCUT2D eigenvalue weighted by Crippen LogP contribution is -2.13. The summed E-state index contributed by atoms with van der Waals surface area (Å²) in [4.78, 5) is 12.1. The highest BCUT2D eigenvalue weighted by molar-refractivity contribution is 7.94. The van der Waals surface area contributed by atoms with Crippen LogP contribution < -0.4 is 4.72 Å². The number of sulfonamides is 1. The predicted octanol–water partition coefficient (Wildman–Crippen LogP) is 3.98. The van der Waals surface area contributed by atoms with Gasteiger partial charge in [0, 0.05) is 4.88 Å². The summed E-state index contributed by atoms with van der Waals surface area (Å²) in [5.74, 6) is -1.17. The topological polar surface area (TPSA) is 83.5 Å². The van der Waals surface area contributed by atoms with Crippen LogP contribution in [0.2, 0.25) is 0 Å². The number of hydrogen-bond acceptors (Lipinski definition) is 5. The molecule has 0 aliphatic carbocycles. The van der Waals surface area contributed by atoms with Gasteiger partial charge in [-0.2, -0.15) is 0 Å². The zero-order chi connectivity index (χ0) is 16.4. The molecule has 0 aliphatic rings. The van der Waals surface area contributed by atoms with E-state index >= 15 is 0 Å². The molecule has 0 saturated heterocycles. The van der Waals surface area contributed by atoms with Gasteiger partial charge in [-0.3, -0.25) is 4.72 Å². The Balaban J connectivity index is 2.02. The van der Waals surface area contributed by atoms with Crippen molar-refractivity contribution >= 4 is 44.4 Å². The fourth-order valence-electron chi connectivity index (χ4n) is 1.98. The van der Waals surface area contributed by atoms with Gasteiger partial charge in [0.2, 0.25) is 0 Å². The summed E-state index contributed by atoms with van der Waals surface area (Å²) >= 11 is 2.11. The molecule has 3 rings (SSSR count). The van der Waals surface area contributed by atoms with Crippen molar-refractivity contribution in [1.82, 2.24) is 0 Å². The van der Waals surface area contributed by atoms with E-state index in [1.807, 2.05) is 30.3 Å². The molecule has 0 fully saturated rings. The highest BCUT2D eigenvalue weighted by Gasteiger charge is 2.22. The molecule has 0 radical (unpaired) electrons. The number of nitrogens with one attached hydrogen (secondary N) is 1. The Labute approximate surface area is 140 Å². The van der Waals surface area contributed by atoms with Crippen molar-refractivity contribution in [3.63, 3.8) is 0 Å². The van der Waals surface area contributed by atoms with Crippen LogP contribution in [0.15, 0.2) is 58.1 Å². The summed E-state index contributed by atoms with van der Waals surface area (Å²) in [5, 5.41) is 11.0. The fraction of sp³-hybridized carbons (Fsp3) is 0. The van der Waals surface area contributed by atoms with Crippen molar-refractivity contribution in [2.24, 2.45) is 0 Å². The van der Waals surface area contributed by atoms with Crippen molar-refractivity contribution in [3.8, 4) is 10.4 Å². The molecule has 3 aromatic rings. The second-order valence-electron chi connectivity index (χ2n) is 4.56. The average molecular weight is 365 g/mol. The van der Waals surface area contributed by atoms with E-state index in [1.54, 1.807) is 17.5 Å². The van der Waals surface area contributed by atoms with Crippen molar-refractivity contribution in [2.45, 2.75) is 4.21 Å². The zero-order valence-electron chi connectivity index (χ0n) is 11.6. The van der Waals surface area contributed by atoms with Crippen LogP contribution in [-0.2, 0) is 10.0 Å². The number of carboxylic acids is 1. The van der Waals surface area contributed by atoms with Gasteiger partial charge in [-0.1, -0.05) is 36.4 Å². The molecule has 2 N–H and O–H groups in total. The van der Waals surface area contributed by atoms with E-state index < -0.39 is 16.0 Å². The molecule has 0 atom stereocenters. The number of anilines is 1. The number of aromatic carboxylic acids is 1. The molecule has 23 heavy (non-hydrogen) atoms. The van der Waals surface area contributed by atoms with Crippen molar-refractivity contribution in [3.05, 3.63) is 58.8 Å². The molecule has 2 heterocycles. The first-order chi connectivity index (χ1) is 11.0. The SMILES string of the molecule is O=C(O)c1sc(-c2ccccc2)cc1NS(=O)(=O)c1cccs1. The van der Waals surface area contributed by atoms with Crippen LogP contribution in [0.3, 0.4) is 0 Å². The monoisotopic (exact) mass is 365 g/mol. The number of hydrogen-bond donors (Lipinski definition) is 2. The lowest BCUT2D eigenvalue weighted by atomic mass is 10.2. The van der Waals surface area contributed by atoms with Crippen molar-refractivity contribution < 1.29 is 18.3 Å². The first-order valence-electron chi connectivity index (χ1n) is 6.46. The Morgan fingerprint density at radius 2 is 1.83 bits per heavy atom. The van der Waals surface area contributed by atoms with Gasteiger partial charge < -0.3 is 5.11 Å². The summed E-state index contributed by atoms with van der Waals surface area (Å²) in [6.45, 7) is 0. The second-order valence-corrected chi connectivity index (χ2v) is 8.47. The van der Waals surface area contributed by atoms with Gasteiger partial charge in [0.05, 0.1) is 5.69 Å². The maximum Gasteiger partial charge on any atom is 0.348 e. The molecule has 0 unspecified atom stereocenters. The molecule has 2 aromatic heterocycles. The smallest absolute Gasteiger partial charge is 0.348 e. The van der Waals surface area contributed by atoms with Gasteiger partial charge in [0.15, 0.2) is 0 Å². The van der Waals surface area contributed by atoms with E-state index in [1.165, 1.54) is 6.07 Å². The summed E-state index contributed by atoms with van der Waals surface area (Å²) in [6, 6.07) is 13.9. The van der Waals surface area contributed by atoms with E-state index in [4.69, 9.17) is 0 Å². The number of thiophene rings is 2. The molecule has 5 nitrogen and oxygen atoms in total. The summed E-state index contributed by atoms with van der Waals surface area (Å²) in [5.41, 5.74) is 0.913. The third-order valence-corrected chi connectivity index (χ3v) is 6.92. The highest BCUT2D eigenvalue weighted by atomic mass is 32.2. The third-order valence-electron chi connectivity index (χ3n) is 2.99. The van der Waals surface area contributed by atoms with Gasteiger partial charge in [-0.05, 0) is 23.1 Å². The Bertz CT molecular complexity index is 929. The van der Waals surface area contributed by atoms with E-state index in [9.17, 15) is 18.3 Å². The van der Waals surface area contributed by atoms with Crippen LogP contribution in [0.25, 0.3) is 10.4 Å². The van der Waals surface area contributed by atoms with Gasteiger partial charge in [0.25, 0.3) is 10.0 Å². The normalized spacial score (nSPS) is 11.3.